The van der Waals surface area contributed by atoms with E-state index in [-0.39, 0.29) is 11.2 Å². The molecule has 0 aliphatic carbocycles. The van der Waals surface area contributed by atoms with Gasteiger partial charge in [-0.05, 0) is 18.6 Å². The first-order chi connectivity index (χ1) is 14.7. The second-order valence-electron chi connectivity index (χ2n) is 6.72. The number of imidazole rings is 1. The van der Waals surface area contributed by atoms with E-state index in [0.717, 1.165) is 27.7 Å². The SMILES string of the molecule is CCC(Sc1nc(-c2ccccc2)c(-c2ccccc2)[nH]1)C(=O)Nc1ccccn1. The summed E-state index contributed by atoms with van der Waals surface area (Å²) < 4.78 is 0. The first-order valence-corrected chi connectivity index (χ1v) is 10.7. The number of nitrogens with zero attached hydrogens (tertiary/aromatic N) is 2. The van der Waals surface area contributed by atoms with Crippen molar-refractivity contribution >= 4 is 23.5 Å². The number of carbonyl (C=O) groups is 1. The van der Waals surface area contributed by atoms with E-state index < -0.39 is 0 Å². The van der Waals surface area contributed by atoms with Crippen molar-refractivity contribution in [2.45, 2.75) is 23.8 Å². The van der Waals surface area contributed by atoms with E-state index in [1.807, 2.05) is 67.6 Å². The number of thioether (sulfide) groups is 1. The van der Waals surface area contributed by atoms with E-state index >= 15 is 0 Å². The second kappa shape index (κ2) is 9.41. The number of rotatable bonds is 7. The van der Waals surface area contributed by atoms with Crippen LogP contribution in [0.2, 0.25) is 0 Å². The molecule has 1 amide bonds. The van der Waals surface area contributed by atoms with Gasteiger partial charge in [0.25, 0.3) is 0 Å². The molecule has 30 heavy (non-hydrogen) atoms. The zero-order chi connectivity index (χ0) is 20.8. The van der Waals surface area contributed by atoms with Crippen molar-refractivity contribution in [3.05, 3.63) is 85.1 Å². The predicted octanol–water partition coefficient (Wildman–Crippen LogP) is 5.65. The van der Waals surface area contributed by atoms with E-state index in [1.54, 1.807) is 12.3 Å². The van der Waals surface area contributed by atoms with Gasteiger partial charge in [0.2, 0.25) is 5.91 Å². The zero-order valence-corrected chi connectivity index (χ0v) is 17.4. The molecular weight excluding hydrogens is 392 g/mol. The summed E-state index contributed by atoms with van der Waals surface area (Å²) in [6.07, 6.45) is 2.33. The molecule has 2 aromatic carbocycles. The smallest absolute Gasteiger partial charge is 0.239 e. The fourth-order valence-corrected chi connectivity index (χ4v) is 4.03. The van der Waals surface area contributed by atoms with Gasteiger partial charge in [0.1, 0.15) is 5.82 Å². The molecule has 0 bridgehead atoms. The molecular formula is C24H22N4OS. The van der Waals surface area contributed by atoms with Crippen molar-refractivity contribution in [1.29, 1.82) is 0 Å². The minimum Gasteiger partial charge on any atom is -0.332 e. The fourth-order valence-electron chi connectivity index (χ4n) is 3.13. The zero-order valence-electron chi connectivity index (χ0n) is 16.6. The molecule has 150 valence electrons. The monoisotopic (exact) mass is 414 g/mol. The first-order valence-electron chi connectivity index (χ1n) is 9.84. The lowest BCUT2D eigenvalue weighted by molar-refractivity contribution is -0.115. The van der Waals surface area contributed by atoms with Crippen LogP contribution in [-0.4, -0.2) is 26.1 Å². The molecule has 1 unspecified atom stereocenters. The summed E-state index contributed by atoms with van der Waals surface area (Å²) in [7, 11) is 0. The van der Waals surface area contributed by atoms with Gasteiger partial charge < -0.3 is 10.3 Å². The normalized spacial score (nSPS) is 11.8. The molecule has 0 aliphatic heterocycles. The maximum Gasteiger partial charge on any atom is 0.239 e. The predicted molar refractivity (Wildman–Crippen MR) is 122 cm³/mol. The summed E-state index contributed by atoms with van der Waals surface area (Å²) in [5.74, 6) is 0.469. The molecule has 2 aromatic heterocycles. The van der Waals surface area contributed by atoms with Crippen molar-refractivity contribution in [1.82, 2.24) is 15.0 Å². The van der Waals surface area contributed by atoms with Crippen LogP contribution in [-0.2, 0) is 4.79 Å². The molecule has 4 rings (SSSR count). The number of anilines is 1. The molecule has 6 heteroatoms. The van der Waals surface area contributed by atoms with Crippen LogP contribution in [0.25, 0.3) is 22.5 Å². The topological polar surface area (TPSA) is 70.7 Å². The number of nitrogens with one attached hydrogen (secondary N) is 2. The van der Waals surface area contributed by atoms with Gasteiger partial charge in [-0.1, -0.05) is 85.4 Å². The Morgan fingerprint density at radius 1 is 0.967 bits per heavy atom. The molecule has 2 heterocycles. The Labute approximate surface area is 180 Å². The highest BCUT2D eigenvalue weighted by Gasteiger charge is 2.22. The number of aromatic nitrogens is 3. The number of amides is 1. The van der Waals surface area contributed by atoms with Crippen molar-refractivity contribution < 1.29 is 4.79 Å². The van der Waals surface area contributed by atoms with Gasteiger partial charge in [-0.15, -0.1) is 0 Å². The summed E-state index contributed by atoms with van der Waals surface area (Å²) in [6, 6.07) is 25.6. The summed E-state index contributed by atoms with van der Waals surface area (Å²) in [4.78, 5) is 25.2. The summed E-state index contributed by atoms with van der Waals surface area (Å²) >= 11 is 1.43. The van der Waals surface area contributed by atoms with Gasteiger partial charge in [-0.25, -0.2) is 9.97 Å². The lowest BCUT2D eigenvalue weighted by Crippen LogP contribution is -2.25. The van der Waals surface area contributed by atoms with Crippen molar-refractivity contribution in [3.8, 4) is 22.5 Å². The van der Waals surface area contributed by atoms with Crippen LogP contribution in [0.15, 0.2) is 90.2 Å². The third-order valence-corrected chi connectivity index (χ3v) is 5.87. The van der Waals surface area contributed by atoms with E-state index in [0.29, 0.717) is 12.2 Å². The third kappa shape index (κ3) is 4.60. The number of hydrogen-bond donors (Lipinski definition) is 2. The number of hydrogen-bond acceptors (Lipinski definition) is 4. The van der Waals surface area contributed by atoms with Crippen LogP contribution in [0.5, 0.6) is 0 Å². The van der Waals surface area contributed by atoms with Gasteiger partial charge >= 0.3 is 0 Å². The van der Waals surface area contributed by atoms with Crippen LogP contribution in [0.3, 0.4) is 0 Å². The first kappa shape index (κ1) is 19.9. The lowest BCUT2D eigenvalue weighted by Gasteiger charge is -2.12. The highest BCUT2D eigenvalue weighted by Crippen LogP contribution is 2.34. The fraction of sp³-hybridized carbons (Fsp3) is 0.125. The van der Waals surface area contributed by atoms with Gasteiger partial charge in [-0.3, -0.25) is 4.79 Å². The van der Waals surface area contributed by atoms with Crippen LogP contribution in [0, 0.1) is 0 Å². The molecule has 0 radical (unpaired) electrons. The van der Waals surface area contributed by atoms with Crippen LogP contribution >= 0.6 is 11.8 Å². The molecule has 0 spiro atoms. The highest BCUT2D eigenvalue weighted by molar-refractivity contribution is 8.00. The number of pyridine rings is 1. The minimum absolute atomic E-state index is 0.0832. The van der Waals surface area contributed by atoms with Crippen LogP contribution in [0.1, 0.15) is 13.3 Å². The number of aromatic amines is 1. The average molecular weight is 415 g/mol. The Hall–Kier alpha value is -3.38. The Balaban J connectivity index is 1.62. The quantitative estimate of drug-likeness (QED) is 0.384. The Morgan fingerprint density at radius 3 is 2.27 bits per heavy atom. The van der Waals surface area contributed by atoms with Gasteiger partial charge in [0.05, 0.1) is 16.6 Å². The summed E-state index contributed by atoms with van der Waals surface area (Å²) in [5.41, 5.74) is 3.92. The van der Waals surface area contributed by atoms with Crippen LogP contribution in [0.4, 0.5) is 5.82 Å². The molecule has 0 aliphatic rings. The number of H-pyrrole nitrogens is 1. The van der Waals surface area contributed by atoms with Crippen molar-refractivity contribution in [3.63, 3.8) is 0 Å². The molecule has 0 fully saturated rings. The Morgan fingerprint density at radius 2 is 1.63 bits per heavy atom. The number of carbonyl (C=O) groups excluding carboxylic acids is 1. The van der Waals surface area contributed by atoms with Gasteiger partial charge in [0, 0.05) is 17.3 Å². The minimum atomic E-state index is -0.287. The standard InChI is InChI=1S/C24H22N4OS/c1-2-19(23(29)26-20-15-9-10-16-25-20)30-24-27-21(17-11-5-3-6-12-17)22(28-24)18-13-7-4-8-14-18/h3-16,19H,2H2,1H3,(H,27,28)(H,25,26,29). The second-order valence-corrected chi connectivity index (χ2v) is 7.91. The largest absolute Gasteiger partial charge is 0.332 e. The molecule has 0 saturated carbocycles. The summed E-state index contributed by atoms with van der Waals surface area (Å²) in [6.45, 7) is 1.99. The Bertz CT molecular complexity index is 1040. The van der Waals surface area contributed by atoms with Gasteiger partial charge in [-0.2, -0.15) is 0 Å². The van der Waals surface area contributed by atoms with E-state index in [4.69, 9.17) is 4.98 Å². The average Bonchev–Trinajstić information content (AvgIpc) is 3.23. The van der Waals surface area contributed by atoms with E-state index in [9.17, 15) is 4.79 Å². The van der Waals surface area contributed by atoms with Crippen molar-refractivity contribution in [2.24, 2.45) is 0 Å². The number of benzene rings is 2. The molecule has 5 nitrogen and oxygen atoms in total. The molecule has 0 saturated heterocycles. The highest BCUT2D eigenvalue weighted by atomic mass is 32.2. The van der Waals surface area contributed by atoms with E-state index in [2.05, 4.69) is 27.4 Å². The molecule has 2 N–H and O–H groups in total. The summed E-state index contributed by atoms with van der Waals surface area (Å²) in [5, 5.41) is 3.32. The Kier molecular flexibility index (Phi) is 6.25. The molecule has 1 atom stereocenters. The lowest BCUT2D eigenvalue weighted by atomic mass is 10.1. The van der Waals surface area contributed by atoms with E-state index in [1.165, 1.54) is 11.8 Å². The molecule has 4 aromatic rings. The van der Waals surface area contributed by atoms with Crippen LogP contribution < -0.4 is 5.32 Å². The maximum atomic E-state index is 12.8. The maximum absolute atomic E-state index is 12.8. The van der Waals surface area contributed by atoms with Crippen molar-refractivity contribution in [2.75, 3.05) is 5.32 Å². The van der Waals surface area contributed by atoms with Gasteiger partial charge in [0.15, 0.2) is 5.16 Å². The third-order valence-electron chi connectivity index (χ3n) is 4.63.